The zero-order chi connectivity index (χ0) is 29.7. The number of carbonyl (C=O) groups is 2. The van der Waals surface area contributed by atoms with Gasteiger partial charge in [-0.25, -0.2) is 4.39 Å². The lowest BCUT2D eigenvalue weighted by Gasteiger charge is -2.44. The van der Waals surface area contributed by atoms with Crippen molar-refractivity contribution in [3.8, 4) is 0 Å². The minimum atomic E-state index is -5.37. The second-order valence-electron chi connectivity index (χ2n) is 10.7. The third-order valence-electron chi connectivity index (χ3n) is 8.44. The van der Waals surface area contributed by atoms with E-state index in [0.29, 0.717) is 44.0 Å². The van der Waals surface area contributed by atoms with E-state index in [0.717, 1.165) is 12.1 Å². The zero-order valence-electron chi connectivity index (χ0n) is 22.1. The molecule has 0 spiro atoms. The molecule has 3 saturated heterocycles. The largest absolute Gasteiger partial charge is 0.417 e. The first-order chi connectivity index (χ1) is 19.3. The molecule has 5 rings (SSSR count). The van der Waals surface area contributed by atoms with Gasteiger partial charge in [-0.15, -0.1) is 0 Å². The first kappa shape index (κ1) is 29.5. The van der Waals surface area contributed by atoms with E-state index in [2.05, 4.69) is 0 Å². The molecule has 3 fully saturated rings. The Morgan fingerprint density at radius 1 is 0.927 bits per heavy atom. The molecule has 3 aliphatic rings. The topological polar surface area (TPSA) is 49.9 Å². The SMILES string of the molecule is CCOC1C(c2ccc(F)cc2)C2CC(N3CCC(=O)CC3)CC(=O)N2C1c1cccc(C(F)(F)F)c1C(F)(F)F. The summed E-state index contributed by atoms with van der Waals surface area (Å²) in [7, 11) is 0. The molecule has 2 aromatic carbocycles. The first-order valence-electron chi connectivity index (χ1n) is 13.5. The van der Waals surface area contributed by atoms with Gasteiger partial charge in [0.05, 0.1) is 23.3 Å². The number of halogens is 7. The maximum absolute atomic E-state index is 14.4. The lowest BCUT2D eigenvalue weighted by Crippen LogP contribution is -2.53. The summed E-state index contributed by atoms with van der Waals surface area (Å²) in [5.41, 5.74) is -3.86. The molecule has 0 bridgehead atoms. The fourth-order valence-corrected chi connectivity index (χ4v) is 6.82. The molecule has 41 heavy (non-hydrogen) atoms. The number of carbonyl (C=O) groups excluding carboxylic acids is 2. The highest BCUT2D eigenvalue weighted by atomic mass is 19.4. The Labute approximate surface area is 232 Å². The third kappa shape index (κ3) is 5.60. The van der Waals surface area contributed by atoms with Crippen molar-refractivity contribution in [2.75, 3.05) is 19.7 Å². The minimum Gasteiger partial charge on any atom is -0.375 e. The Morgan fingerprint density at radius 2 is 1.59 bits per heavy atom. The second kappa shape index (κ2) is 11.0. The predicted octanol–water partition coefficient (Wildman–Crippen LogP) is 6.13. The van der Waals surface area contributed by atoms with Gasteiger partial charge in [0.15, 0.2) is 0 Å². The van der Waals surface area contributed by atoms with Crippen LogP contribution in [0.2, 0.25) is 0 Å². The van der Waals surface area contributed by atoms with Crippen LogP contribution in [-0.4, -0.2) is 59.4 Å². The Hall–Kier alpha value is -2.99. The molecule has 3 heterocycles. The van der Waals surface area contributed by atoms with Gasteiger partial charge in [0.25, 0.3) is 0 Å². The van der Waals surface area contributed by atoms with Crippen molar-refractivity contribution in [3.63, 3.8) is 0 Å². The third-order valence-corrected chi connectivity index (χ3v) is 8.44. The summed E-state index contributed by atoms with van der Waals surface area (Å²) in [4.78, 5) is 28.9. The summed E-state index contributed by atoms with van der Waals surface area (Å²) >= 11 is 0. The Bertz CT molecular complexity index is 1280. The molecule has 222 valence electrons. The molecular weight excluding hydrogens is 557 g/mol. The zero-order valence-corrected chi connectivity index (χ0v) is 22.1. The van der Waals surface area contributed by atoms with Gasteiger partial charge >= 0.3 is 12.4 Å². The number of Topliss-reactive ketones (excluding diaryl/α,β-unsaturated/α-hetero) is 1. The molecule has 5 nitrogen and oxygen atoms in total. The van der Waals surface area contributed by atoms with Gasteiger partial charge in [0.2, 0.25) is 5.91 Å². The standard InChI is InChI=1S/C29H29F7N2O3/c1-2-41-27-24(16-6-8-17(30)9-7-16)22-14-18(37-12-10-19(39)11-13-37)15-23(40)38(22)26(27)20-4-3-5-21(28(31,32)33)25(20)29(34,35)36/h3-9,18,22,24,26-27H,2,10-15H2,1H3. The number of likely N-dealkylation sites (tertiary alicyclic amines) is 1. The van der Waals surface area contributed by atoms with Crippen LogP contribution in [0.25, 0.3) is 0 Å². The van der Waals surface area contributed by atoms with E-state index >= 15 is 0 Å². The van der Waals surface area contributed by atoms with Crippen LogP contribution in [0.1, 0.15) is 66.8 Å². The maximum Gasteiger partial charge on any atom is 0.417 e. The number of hydrogen-bond donors (Lipinski definition) is 0. The number of amides is 1. The van der Waals surface area contributed by atoms with E-state index in [4.69, 9.17) is 4.74 Å². The van der Waals surface area contributed by atoms with Crippen LogP contribution in [0.15, 0.2) is 42.5 Å². The van der Waals surface area contributed by atoms with Crippen LogP contribution in [0.4, 0.5) is 30.7 Å². The number of ether oxygens (including phenoxy) is 1. The van der Waals surface area contributed by atoms with Crippen molar-refractivity contribution in [2.45, 2.75) is 75.1 Å². The number of rotatable bonds is 5. The number of hydrogen-bond acceptors (Lipinski definition) is 4. The van der Waals surface area contributed by atoms with Gasteiger partial charge in [-0.3, -0.25) is 14.5 Å². The summed E-state index contributed by atoms with van der Waals surface area (Å²) in [5.74, 6) is -1.68. The Morgan fingerprint density at radius 3 is 2.17 bits per heavy atom. The molecule has 0 aromatic heterocycles. The highest BCUT2D eigenvalue weighted by Crippen LogP contribution is 2.54. The van der Waals surface area contributed by atoms with Crippen molar-refractivity contribution < 1.29 is 45.1 Å². The number of ketones is 1. The van der Waals surface area contributed by atoms with E-state index < -0.39 is 64.9 Å². The average molecular weight is 587 g/mol. The quantitative estimate of drug-likeness (QED) is 0.396. The first-order valence-corrected chi connectivity index (χ1v) is 13.5. The Balaban J connectivity index is 1.67. The van der Waals surface area contributed by atoms with Gasteiger partial charge in [0.1, 0.15) is 11.6 Å². The van der Waals surface area contributed by atoms with Crippen LogP contribution < -0.4 is 0 Å². The lowest BCUT2D eigenvalue weighted by molar-refractivity contribution is -0.163. The maximum atomic E-state index is 14.4. The molecule has 0 radical (unpaired) electrons. The molecule has 12 heteroatoms. The van der Waals surface area contributed by atoms with Gasteiger partial charge in [0, 0.05) is 57.0 Å². The van der Waals surface area contributed by atoms with Crippen molar-refractivity contribution >= 4 is 11.7 Å². The van der Waals surface area contributed by atoms with Crippen LogP contribution in [0, 0.1) is 5.82 Å². The van der Waals surface area contributed by atoms with Gasteiger partial charge in [-0.1, -0.05) is 24.3 Å². The fraction of sp³-hybridized carbons (Fsp3) is 0.517. The molecule has 0 N–H and O–H groups in total. The van der Waals surface area contributed by atoms with Gasteiger partial charge < -0.3 is 9.64 Å². The van der Waals surface area contributed by atoms with Crippen LogP contribution in [0.3, 0.4) is 0 Å². The van der Waals surface area contributed by atoms with Crippen molar-refractivity contribution in [2.24, 2.45) is 0 Å². The number of alkyl halides is 6. The summed E-state index contributed by atoms with van der Waals surface area (Å²) in [5, 5.41) is 0. The molecule has 3 aliphatic heterocycles. The minimum absolute atomic E-state index is 0.0194. The van der Waals surface area contributed by atoms with E-state index in [1.165, 1.54) is 29.2 Å². The number of benzene rings is 2. The van der Waals surface area contributed by atoms with Crippen molar-refractivity contribution in [1.29, 1.82) is 0 Å². The van der Waals surface area contributed by atoms with Gasteiger partial charge in [-0.05, 0) is 42.7 Å². The van der Waals surface area contributed by atoms with Crippen molar-refractivity contribution in [1.82, 2.24) is 9.80 Å². The van der Waals surface area contributed by atoms with Crippen LogP contribution >= 0.6 is 0 Å². The van der Waals surface area contributed by atoms with E-state index in [9.17, 15) is 40.3 Å². The van der Waals surface area contributed by atoms with Crippen LogP contribution in [0.5, 0.6) is 0 Å². The monoisotopic (exact) mass is 586 g/mol. The number of nitrogens with zero attached hydrogens (tertiary/aromatic N) is 2. The molecular formula is C29H29F7N2O3. The molecule has 5 unspecified atom stereocenters. The molecule has 2 aromatic rings. The number of fused-ring (bicyclic) bond motifs is 1. The van der Waals surface area contributed by atoms with Crippen molar-refractivity contribution in [3.05, 3.63) is 70.5 Å². The highest BCUT2D eigenvalue weighted by Gasteiger charge is 2.58. The molecule has 0 saturated carbocycles. The summed E-state index contributed by atoms with van der Waals surface area (Å²) in [6.07, 6.45) is -10.9. The highest BCUT2D eigenvalue weighted by molar-refractivity contribution is 5.81. The fourth-order valence-electron chi connectivity index (χ4n) is 6.82. The summed E-state index contributed by atoms with van der Waals surface area (Å²) in [6, 6.07) is 5.09. The normalized spacial score (nSPS) is 27.8. The summed E-state index contributed by atoms with van der Waals surface area (Å²) in [6.45, 7) is 2.51. The predicted molar refractivity (Wildman–Crippen MR) is 133 cm³/mol. The lowest BCUT2D eigenvalue weighted by atomic mass is 9.82. The Kier molecular flexibility index (Phi) is 7.92. The number of piperidine rings is 2. The average Bonchev–Trinajstić information content (AvgIpc) is 3.22. The smallest absolute Gasteiger partial charge is 0.375 e. The van der Waals surface area contributed by atoms with E-state index in [1.54, 1.807) is 6.92 Å². The molecule has 5 atom stereocenters. The van der Waals surface area contributed by atoms with Gasteiger partial charge in [-0.2, -0.15) is 26.3 Å². The summed E-state index contributed by atoms with van der Waals surface area (Å²) < 4.78 is 105. The van der Waals surface area contributed by atoms with E-state index in [1.807, 2.05) is 4.90 Å². The molecule has 0 aliphatic carbocycles. The second-order valence-corrected chi connectivity index (χ2v) is 10.7. The molecule has 1 amide bonds. The van der Waals surface area contributed by atoms with Crippen LogP contribution in [-0.2, 0) is 26.7 Å². The van der Waals surface area contributed by atoms with E-state index in [-0.39, 0.29) is 24.9 Å².